The number of nitro benzene ring substituents is 1. The second-order valence-corrected chi connectivity index (χ2v) is 6.75. The predicted octanol–water partition coefficient (Wildman–Crippen LogP) is 4.27. The molecule has 0 spiro atoms. The second kappa shape index (κ2) is 8.72. The summed E-state index contributed by atoms with van der Waals surface area (Å²) < 4.78 is 6.08. The molecule has 0 heterocycles. The van der Waals surface area contributed by atoms with Crippen LogP contribution in [-0.4, -0.2) is 22.0 Å². The van der Waals surface area contributed by atoms with E-state index in [0.29, 0.717) is 21.5 Å². The van der Waals surface area contributed by atoms with E-state index in [2.05, 4.69) is 26.6 Å². The van der Waals surface area contributed by atoms with Gasteiger partial charge in [-0.2, -0.15) is 0 Å². The van der Waals surface area contributed by atoms with Crippen LogP contribution in [0, 0.1) is 10.1 Å². The van der Waals surface area contributed by atoms with E-state index in [0.717, 1.165) is 0 Å². The van der Waals surface area contributed by atoms with Gasteiger partial charge in [0, 0.05) is 16.6 Å². The van der Waals surface area contributed by atoms with Crippen LogP contribution in [0.1, 0.15) is 24.2 Å². The van der Waals surface area contributed by atoms with Crippen molar-refractivity contribution in [2.45, 2.75) is 20.0 Å². The number of non-ortho nitro benzene ring substituents is 1. The van der Waals surface area contributed by atoms with Gasteiger partial charge in [0.2, 0.25) is 0 Å². The van der Waals surface area contributed by atoms with Crippen LogP contribution in [0.5, 0.6) is 5.75 Å². The second-order valence-electron chi connectivity index (χ2n) is 5.49. The van der Waals surface area contributed by atoms with Crippen LogP contribution >= 0.6 is 28.1 Å². The monoisotopic (exact) mass is 437 g/mol. The number of anilines is 1. The first-order valence-corrected chi connectivity index (χ1v) is 8.80. The van der Waals surface area contributed by atoms with Crippen LogP contribution < -0.4 is 15.4 Å². The van der Waals surface area contributed by atoms with E-state index < -0.39 is 10.8 Å². The average molecular weight is 438 g/mol. The third-order valence-electron chi connectivity index (χ3n) is 3.13. The van der Waals surface area contributed by atoms with Crippen molar-refractivity contribution in [2.24, 2.45) is 0 Å². The summed E-state index contributed by atoms with van der Waals surface area (Å²) in [7, 11) is 0. The molecule has 26 heavy (non-hydrogen) atoms. The van der Waals surface area contributed by atoms with Gasteiger partial charge in [-0.3, -0.25) is 20.2 Å². The van der Waals surface area contributed by atoms with Gasteiger partial charge in [-0.15, -0.1) is 0 Å². The molecule has 0 aliphatic heterocycles. The Morgan fingerprint density at radius 2 is 1.96 bits per heavy atom. The molecule has 0 saturated carbocycles. The van der Waals surface area contributed by atoms with Crippen LogP contribution in [0.3, 0.4) is 0 Å². The molecule has 0 aromatic heterocycles. The number of para-hydroxylation sites is 1. The zero-order valence-corrected chi connectivity index (χ0v) is 16.4. The number of thiocarbonyl (C=S) groups is 1. The highest BCUT2D eigenvalue weighted by Gasteiger charge is 2.15. The zero-order valence-electron chi connectivity index (χ0n) is 14.0. The summed E-state index contributed by atoms with van der Waals surface area (Å²) in [6.45, 7) is 3.74. The minimum atomic E-state index is -0.500. The van der Waals surface area contributed by atoms with Gasteiger partial charge < -0.3 is 10.1 Å². The third kappa shape index (κ3) is 5.24. The zero-order chi connectivity index (χ0) is 19.3. The Kier molecular flexibility index (Phi) is 6.64. The quantitative estimate of drug-likeness (QED) is 0.412. The van der Waals surface area contributed by atoms with Gasteiger partial charge in [-0.1, -0.05) is 12.1 Å². The van der Waals surface area contributed by atoms with E-state index in [4.69, 9.17) is 17.0 Å². The standard InChI is InChI=1S/C17H16BrN3O4S/c1-10(2)25-15-6-4-3-5-12(15)16(22)20-17(26)19-14-8-7-11(21(23)24)9-13(14)18/h3-10H,1-2H3,(H2,19,20,22,26). The molecule has 1 amide bonds. The number of benzene rings is 2. The lowest BCUT2D eigenvalue weighted by molar-refractivity contribution is -0.384. The fourth-order valence-corrected chi connectivity index (χ4v) is 2.72. The number of rotatable bonds is 5. The van der Waals surface area contributed by atoms with Crippen molar-refractivity contribution in [3.8, 4) is 5.75 Å². The average Bonchev–Trinajstić information content (AvgIpc) is 2.56. The van der Waals surface area contributed by atoms with Crippen LogP contribution in [-0.2, 0) is 0 Å². The molecular weight excluding hydrogens is 422 g/mol. The van der Waals surface area contributed by atoms with E-state index in [-0.39, 0.29) is 16.9 Å². The normalized spacial score (nSPS) is 10.3. The number of carbonyl (C=O) groups is 1. The van der Waals surface area contributed by atoms with Crippen LogP contribution in [0.15, 0.2) is 46.9 Å². The van der Waals surface area contributed by atoms with Gasteiger partial charge in [0.05, 0.1) is 22.3 Å². The number of nitrogens with zero attached hydrogens (tertiary/aromatic N) is 1. The highest BCUT2D eigenvalue weighted by molar-refractivity contribution is 9.10. The minimum absolute atomic E-state index is 0.0582. The van der Waals surface area contributed by atoms with E-state index >= 15 is 0 Å². The molecule has 0 saturated heterocycles. The Hall–Kier alpha value is -2.52. The van der Waals surface area contributed by atoms with Gasteiger partial charge in [0.25, 0.3) is 11.6 Å². The predicted molar refractivity (Wildman–Crippen MR) is 107 cm³/mol. The maximum Gasteiger partial charge on any atom is 0.270 e. The van der Waals surface area contributed by atoms with Crippen molar-refractivity contribution in [3.05, 3.63) is 62.6 Å². The van der Waals surface area contributed by atoms with Crippen molar-refractivity contribution in [1.82, 2.24) is 5.32 Å². The van der Waals surface area contributed by atoms with Crippen molar-refractivity contribution >= 4 is 50.5 Å². The first kappa shape index (κ1) is 19.8. The molecule has 0 unspecified atom stereocenters. The Morgan fingerprint density at radius 3 is 2.58 bits per heavy atom. The number of hydrogen-bond acceptors (Lipinski definition) is 5. The summed E-state index contributed by atoms with van der Waals surface area (Å²) in [5, 5.41) is 16.2. The number of halogens is 1. The summed E-state index contributed by atoms with van der Waals surface area (Å²) in [5.41, 5.74) is 0.790. The van der Waals surface area contributed by atoms with E-state index in [9.17, 15) is 14.9 Å². The molecule has 2 N–H and O–H groups in total. The Balaban J connectivity index is 2.09. The number of carbonyl (C=O) groups excluding carboxylic acids is 1. The Morgan fingerprint density at radius 1 is 1.27 bits per heavy atom. The number of nitrogens with one attached hydrogen (secondary N) is 2. The SMILES string of the molecule is CC(C)Oc1ccccc1C(=O)NC(=S)Nc1ccc([N+](=O)[O-])cc1Br. The fourth-order valence-electron chi connectivity index (χ4n) is 2.05. The fraction of sp³-hybridized carbons (Fsp3) is 0.176. The number of nitro groups is 1. The summed E-state index contributed by atoms with van der Waals surface area (Å²) in [6.07, 6.45) is -0.0786. The molecule has 9 heteroatoms. The van der Waals surface area contributed by atoms with E-state index in [1.165, 1.54) is 18.2 Å². The Labute approximate surface area is 164 Å². The van der Waals surface area contributed by atoms with Crippen molar-refractivity contribution in [2.75, 3.05) is 5.32 Å². The van der Waals surface area contributed by atoms with Gasteiger partial charge in [-0.25, -0.2) is 0 Å². The van der Waals surface area contributed by atoms with Crippen molar-refractivity contribution in [1.29, 1.82) is 0 Å². The highest BCUT2D eigenvalue weighted by atomic mass is 79.9. The summed E-state index contributed by atoms with van der Waals surface area (Å²) in [4.78, 5) is 22.7. The van der Waals surface area contributed by atoms with Gasteiger partial charge in [0.1, 0.15) is 5.75 Å². The molecule has 0 bridgehead atoms. The topological polar surface area (TPSA) is 93.5 Å². The molecular formula is C17H16BrN3O4S. The minimum Gasteiger partial charge on any atom is -0.490 e. The van der Waals surface area contributed by atoms with Gasteiger partial charge in [-0.05, 0) is 60.2 Å². The van der Waals surface area contributed by atoms with E-state index in [1.54, 1.807) is 24.3 Å². The molecule has 0 aliphatic rings. The van der Waals surface area contributed by atoms with Crippen LogP contribution in [0.2, 0.25) is 0 Å². The number of hydrogen-bond donors (Lipinski definition) is 2. The van der Waals surface area contributed by atoms with Gasteiger partial charge in [0.15, 0.2) is 5.11 Å². The molecule has 0 fully saturated rings. The molecule has 136 valence electrons. The molecule has 0 atom stereocenters. The van der Waals surface area contributed by atoms with Crippen LogP contribution in [0.25, 0.3) is 0 Å². The maximum absolute atomic E-state index is 12.5. The lowest BCUT2D eigenvalue weighted by Crippen LogP contribution is -2.34. The summed E-state index contributed by atoms with van der Waals surface area (Å²) in [6, 6.07) is 11.0. The van der Waals surface area contributed by atoms with E-state index in [1.807, 2.05) is 13.8 Å². The molecule has 2 aromatic rings. The van der Waals surface area contributed by atoms with Gasteiger partial charge >= 0.3 is 0 Å². The number of ether oxygens (including phenoxy) is 1. The summed E-state index contributed by atoms with van der Waals surface area (Å²) >= 11 is 8.38. The molecule has 0 radical (unpaired) electrons. The molecule has 0 aliphatic carbocycles. The molecule has 7 nitrogen and oxygen atoms in total. The summed E-state index contributed by atoms with van der Waals surface area (Å²) in [5.74, 6) is 0.0381. The Bertz CT molecular complexity index is 858. The first-order chi connectivity index (χ1) is 12.3. The van der Waals surface area contributed by atoms with Crippen molar-refractivity contribution in [3.63, 3.8) is 0 Å². The largest absolute Gasteiger partial charge is 0.490 e. The van der Waals surface area contributed by atoms with Crippen molar-refractivity contribution < 1.29 is 14.5 Å². The third-order valence-corrected chi connectivity index (χ3v) is 3.99. The van der Waals surface area contributed by atoms with Crippen LogP contribution in [0.4, 0.5) is 11.4 Å². The first-order valence-electron chi connectivity index (χ1n) is 7.60. The number of amides is 1. The molecule has 2 aromatic carbocycles. The lowest BCUT2D eigenvalue weighted by Gasteiger charge is -2.15. The maximum atomic E-state index is 12.5. The smallest absolute Gasteiger partial charge is 0.270 e. The highest BCUT2D eigenvalue weighted by Crippen LogP contribution is 2.27. The molecule has 2 rings (SSSR count). The lowest BCUT2D eigenvalue weighted by atomic mass is 10.2.